The molecule has 0 heterocycles. The first-order valence-electron chi connectivity index (χ1n) is 4.66. The van der Waals surface area contributed by atoms with E-state index < -0.39 is 11.7 Å². The number of hydrogen-bond donors (Lipinski definition) is 2. The predicted octanol–water partition coefficient (Wildman–Crippen LogP) is 1.64. The van der Waals surface area contributed by atoms with Gasteiger partial charge in [0.25, 0.3) is 0 Å². The van der Waals surface area contributed by atoms with Crippen molar-refractivity contribution in [3.8, 4) is 0 Å². The smallest absolute Gasteiger partial charge is 0.271 e. The highest BCUT2D eigenvalue weighted by Crippen LogP contribution is 2.32. The Balaban J connectivity index is 2.30. The van der Waals surface area contributed by atoms with Crippen LogP contribution in [0.5, 0.6) is 0 Å². The van der Waals surface area contributed by atoms with E-state index in [2.05, 4.69) is 5.43 Å². The lowest BCUT2D eigenvalue weighted by Crippen LogP contribution is -2.35. The molecule has 5 heteroatoms. The maximum Gasteiger partial charge on any atom is 0.416 e. The molecule has 0 radical (unpaired) electrons. The molecule has 1 aliphatic rings. The molecule has 2 rings (SSSR count). The molecular weight excluding hydrogens is 205 g/mol. The van der Waals surface area contributed by atoms with Gasteiger partial charge >= 0.3 is 6.18 Å². The quantitative estimate of drug-likeness (QED) is 0.553. The Morgan fingerprint density at radius 2 is 1.87 bits per heavy atom. The van der Waals surface area contributed by atoms with E-state index in [9.17, 15) is 13.2 Å². The number of benzene rings is 1. The fraction of sp³-hybridized carbons (Fsp3) is 0.400. The van der Waals surface area contributed by atoms with Gasteiger partial charge < -0.3 is 0 Å². The molecule has 1 aromatic rings. The number of hydrazine groups is 1. The predicted molar refractivity (Wildman–Crippen MR) is 50.0 cm³/mol. The molecule has 0 bridgehead atoms. The lowest BCUT2D eigenvalue weighted by atomic mass is 10.1. The second-order valence-corrected chi connectivity index (χ2v) is 3.75. The lowest BCUT2D eigenvalue weighted by Gasteiger charge is -2.08. The molecule has 1 unspecified atom stereocenters. The summed E-state index contributed by atoms with van der Waals surface area (Å²) in [5.74, 6) is 5.26. The van der Waals surface area contributed by atoms with Crippen LogP contribution >= 0.6 is 0 Å². The summed E-state index contributed by atoms with van der Waals surface area (Å²) >= 11 is 0. The van der Waals surface area contributed by atoms with Crippen molar-refractivity contribution in [2.24, 2.45) is 5.84 Å². The molecular formula is C10H11F3N2. The standard InChI is InChI=1S/C10H11F3N2/c11-10(12,13)8-2-1-6-4-9(15-14)5-7(6)3-8/h1-3,9,15H,4-5,14H2. The maximum atomic E-state index is 12.4. The van der Waals surface area contributed by atoms with Crippen molar-refractivity contribution < 1.29 is 13.2 Å². The normalized spacial score (nSPS) is 20.4. The van der Waals surface area contributed by atoms with Crippen molar-refractivity contribution in [2.75, 3.05) is 0 Å². The molecule has 82 valence electrons. The van der Waals surface area contributed by atoms with Crippen LogP contribution in [0.3, 0.4) is 0 Å². The molecule has 0 saturated carbocycles. The third kappa shape index (κ3) is 1.98. The summed E-state index contributed by atoms with van der Waals surface area (Å²) < 4.78 is 37.2. The monoisotopic (exact) mass is 216 g/mol. The summed E-state index contributed by atoms with van der Waals surface area (Å²) in [6.07, 6.45) is -3.00. The van der Waals surface area contributed by atoms with Gasteiger partial charge in [-0.1, -0.05) is 6.07 Å². The lowest BCUT2D eigenvalue weighted by molar-refractivity contribution is -0.137. The van der Waals surface area contributed by atoms with Crippen molar-refractivity contribution in [3.05, 3.63) is 34.9 Å². The van der Waals surface area contributed by atoms with Gasteiger partial charge in [0, 0.05) is 6.04 Å². The topological polar surface area (TPSA) is 38.0 Å². The highest BCUT2D eigenvalue weighted by atomic mass is 19.4. The summed E-state index contributed by atoms with van der Waals surface area (Å²) in [6, 6.07) is 3.93. The number of halogens is 3. The number of nitrogens with two attached hydrogens (primary N) is 1. The zero-order valence-electron chi connectivity index (χ0n) is 7.93. The van der Waals surface area contributed by atoms with Crippen LogP contribution in [0.1, 0.15) is 16.7 Å². The average Bonchev–Trinajstić information content (AvgIpc) is 2.57. The maximum absolute atomic E-state index is 12.4. The third-order valence-electron chi connectivity index (χ3n) is 2.70. The van der Waals surface area contributed by atoms with Crippen LogP contribution in [0, 0.1) is 0 Å². The van der Waals surface area contributed by atoms with Gasteiger partial charge in [-0.05, 0) is 36.1 Å². The Morgan fingerprint density at radius 1 is 1.20 bits per heavy atom. The van der Waals surface area contributed by atoms with Crippen molar-refractivity contribution in [1.82, 2.24) is 5.43 Å². The largest absolute Gasteiger partial charge is 0.416 e. The molecule has 1 aromatic carbocycles. The van der Waals surface area contributed by atoms with Crippen LogP contribution in [-0.2, 0) is 19.0 Å². The SMILES string of the molecule is NNC1Cc2ccc(C(F)(F)F)cc2C1. The summed E-state index contributed by atoms with van der Waals surface area (Å²) in [4.78, 5) is 0. The summed E-state index contributed by atoms with van der Waals surface area (Å²) in [6.45, 7) is 0. The van der Waals surface area contributed by atoms with Gasteiger partial charge in [0.1, 0.15) is 0 Å². The third-order valence-corrected chi connectivity index (χ3v) is 2.70. The average molecular weight is 216 g/mol. The highest BCUT2D eigenvalue weighted by molar-refractivity contribution is 5.38. The first-order valence-corrected chi connectivity index (χ1v) is 4.66. The molecule has 0 aliphatic heterocycles. The fourth-order valence-electron chi connectivity index (χ4n) is 1.91. The van der Waals surface area contributed by atoms with Crippen LogP contribution < -0.4 is 11.3 Å². The van der Waals surface area contributed by atoms with E-state index in [-0.39, 0.29) is 6.04 Å². The minimum Gasteiger partial charge on any atom is -0.271 e. The minimum absolute atomic E-state index is 0.0588. The highest BCUT2D eigenvalue weighted by Gasteiger charge is 2.32. The van der Waals surface area contributed by atoms with E-state index in [1.165, 1.54) is 12.1 Å². The second kappa shape index (κ2) is 3.50. The number of rotatable bonds is 1. The molecule has 15 heavy (non-hydrogen) atoms. The van der Waals surface area contributed by atoms with E-state index in [4.69, 9.17) is 5.84 Å². The van der Waals surface area contributed by atoms with E-state index >= 15 is 0 Å². The van der Waals surface area contributed by atoms with E-state index in [1.807, 2.05) is 0 Å². The fourth-order valence-corrected chi connectivity index (χ4v) is 1.91. The van der Waals surface area contributed by atoms with E-state index in [0.717, 1.165) is 17.2 Å². The Morgan fingerprint density at radius 3 is 2.47 bits per heavy atom. The number of fused-ring (bicyclic) bond motifs is 1. The van der Waals surface area contributed by atoms with Gasteiger partial charge in [0.2, 0.25) is 0 Å². The first-order chi connectivity index (χ1) is 7.00. The van der Waals surface area contributed by atoms with Gasteiger partial charge in [0.15, 0.2) is 0 Å². The Bertz CT molecular complexity index is 373. The minimum atomic E-state index is -4.26. The molecule has 3 N–H and O–H groups in total. The van der Waals surface area contributed by atoms with Gasteiger partial charge in [0.05, 0.1) is 5.56 Å². The Hall–Kier alpha value is -1.07. The van der Waals surface area contributed by atoms with Gasteiger partial charge in [-0.3, -0.25) is 11.3 Å². The molecule has 0 spiro atoms. The van der Waals surface area contributed by atoms with Crippen LogP contribution in [0.15, 0.2) is 18.2 Å². The summed E-state index contributed by atoms with van der Waals surface area (Å²) in [5, 5.41) is 0. The Kier molecular flexibility index (Phi) is 2.44. The van der Waals surface area contributed by atoms with Gasteiger partial charge in [-0.15, -0.1) is 0 Å². The number of hydrogen-bond acceptors (Lipinski definition) is 2. The summed E-state index contributed by atoms with van der Waals surface area (Å²) in [5.41, 5.74) is 3.70. The van der Waals surface area contributed by atoms with Crippen LogP contribution in [0.4, 0.5) is 13.2 Å². The molecule has 1 aliphatic carbocycles. The summed E-state index contributed by atoms with van der Waals surface area (Å²) in [7, 11) is 0. The molecule has 0 saturated heterocycles. The molecule has 2 nitrogen and oxygen atoms in total. The molecule has 0 aromatic heterocycles. The number of alkyl halides is 3. The first kappa shape index (κ1) is 10.4. The van der Waals surface area contributed by atoms with Gasteiger partial charge in [-0.25, -0.2) is 0 Å². The van der Waals surface area contributed by atoms with Crippen LogP contribution in [0.2, 0.25) is 0 Å². The van der Waals surface area contributed by atoms with Crippen molar-refractivity contribution >= 4 is 0 Å². The Labute approximate surface area is 85.2 Å². The van der Waals surface area contributed by atoms with Crippen LogP contribution in [-0.4, -0.2) is 6.04 Å². The zero-order chi connectivity index (χ0) is 11.1. The second-order valence-electron chi connectivity index (χ2n) is 3.75. The van der Waals surface area contributed by atoms with E-state index in [0.29, 0.717) is 12.8 Å². The van der Waals surface area contributed by atoms with E-state index in [1.54, 1.807) is 0 Å². The molecule has 1 atom stereocenters. The molecule has 0 amide bonds. The zero-order valence-corrected chi connectivity index (χ0v) is 7.93. The number of nitrogens with one attached hydrogen (secondary N) is 1. The van der Waals surface area contributed by atoms with Crippen LogP contribution in [0.25, 0.3) is 0 Å². The van der Waals surface area contributed by atoms with Crippen molar-refractivity contribution in [2.45, 2.75) is 25.1 Å². The molecule has 0 fully saturated rings. The van der Waals surface area contributed by atoms with Crippen molar-refractivity contribution in [3.63, 3.8) is 0 Å². The van der Waals surface area contributed by atoms with Gasteiger partial charge in [-0.2, -0.15) is 13.2 Å². The van der Waals surface area contributed by atoms with Crippen molar-refractivity contribution in [1.29, 1.82) is 0 Å².